The summed E-state index contributed by atoms with van der Waals surface area (Å²) >= 11 is 1.06. The van der Waals surface area contributed by atoms with Crippen molar-refractivity contribution in [3.63, 3.8) is 0 Å². The van der Waals surface area contributed by atoms with Gasteiger partial charge in [-0.3, -0.25) is 9.69 Å². The summed E-state index contributed by atoms with van der Waals surface area (Å²) in [7, 11) is 0. The van der Waals surface area contributed by atoms with E-state index >= 15 is 0 Å². The summed E-state index contributed by atoms with van der Waals surface area (Å²) in [4.78, 5) is 26.6. The summed E-state index contributed by atoms with van der Waals surface area (Å²) < 4.78 is 31.4. The molecule has 1 aliphatic rings. The Morgan fingerprint density at radius 1 is 1.14 bits per heavy atom. The van der Waals surface area contributed by atoms with Gasteiger partial charge in [-0.2, -0.15) is 5.26 Å². The van der Waals surface area contributed by atoms with Crippen molar-refractivity contribution in [1.82, 2.24) is 0 Å². The predicted molar refractivity (Wildman–Crippen MR) is 105 cm³/mol. The number of hydrogen-bond acceptors (Lipinski definition) is 5. The molecule has 1 amide bonds. The summed E-state index contributed by atoms with van der Waals surface area (Å²) in [5, 5.41) is 9.02. The molecule has 2 aromatic rings. The molecule has 0 saturated carbocycles. The van der Waals surface area contributed by atoms with E-state index in [1.54, 1.807) is 19.1 Å². The third kappa shape index (κ3) is 4.46. The van der Waals surface area contributed by atoms with Crippen molar-refractivity contribution in [2.45, 2.75) is 18.6 Å². The molecule has 0 aromatic heterocycles. The maximum atomic E-state index is 13.3. The average Bonchev–Trinajstić information content (AvgIpc) is 3.01. The molecule has 1 unspecified atom stereocenters. The lowest BCUT2D eigenvalue weighted by molar-refractivity contribution is -0.138. The maximum absolute atomic E-state index is 13.3. The van der Waals surface area contributed by atoms with Gasteiger partial charge in [0.15, 0.2) is 5.57 Å². The third-order valence-corrected chi connectivity index (χ3v) is 5.44. The van der Waals surface area contributed by atoms with Crippen molar-refractivity contribution in [3.8, 4) is 6.07 Å². The quantitative estimate of drug-likeness (QED) is 0.421. The number of hydrogen-bond donors (Lipinski definition) is 0. The van der Waals surface area contributed by atoms with Crippen LogP contribution in [-0.4, -0.2) is 23.7 Å². The highest BCUT2D eigenvalue weighted by atomic mass is 32.2. The van der Waals surface area contributed by atoms with Gasteiger partial charge in [-0.1, -0.05) is 23.9 Å². The van der Waals surface area contributed by atoms with E-state index in [4.69, 9.17) is 4.74 Å². The molecule has 1 aliphatic heterocycles. The van der Waals surface area contributed by atoms with Gasteiger partial charge < -0.3 is 4.74 Å². The molecule has 1 heterocycles. The molecule has 1 atom stereocenters. The molecule has 0 N–H and O–H groups in total. The molecule has 5 nitrogen and oxygen atoms in total. The number of nitriles is 1. The Labute approximate surface area is 170 Å². The summed E-state index contributed by atoms with van der Waals surface area (Å²) in [6.45, 7) is 1.69. The van der Waals surface area contributed by atoms with Gasteiger partial charge in [0.25, 0.3) is 0 Å². The number of anilines is 1. The molecule has 0 bridgehead atoms. The lowest BCUT2D eigenvalue weighted by Gasteiger charge is -2.18. The summed E-state index contributed by atoms with van der Waals surface area (Å²) in [5.74, 6) is -2.06. The van der Waals surface area contributed by atoms with Crippen LogP contribution in [0.4, 0.5) is 14.5 Å². The Balaban J connectivity index is 2.02. The number of rotatable bonds is 5. The largest absolute Gasteiger partial charge is 0.462 e. The van der Waals surface area contributed by atoms with Crippen LogP contribution in [0.5, 0.6) is 0 Å². The number of esters is 1. The average molecular weight is 414 g/mol. The molecule has 1 saturated heterocycles. The van der Waals surface area contributed by atoms with Gasteiger partial charge in [-0.05, 0) is 55.3 Å². The monoisotopic (exact) mass is 414 g/mol. The van der Waals surface area contributed by atoms with Crippen molar-refractivity contribution in [1.29, 1.82) is 5.26 Å². The van der Waals surface area contributed by atoms with Gasteiger partial charge >= 0.3 is 5.97 Å². The first-order valence-electron chi connectivity index (χ1n) is 8.76. The van der Waals surface area contributed by atoms with Crippen LogP contribution in [0.15, 0.2) is 59.1 Å². The second-order valence-corrected chi connectivity index (χ2v) is 7.29. The predicted octanol–water partition coefficient (Wildman–Crippen LogP) is 3.95. The van der Waals surface area contributed by atoms with Crippen LogP contribution < -0.4 is 4.90 Å². The highest BCUT2D eigenvalue weighted by molar-refractivity contribution is 8.05. The molecule has 3 rings (SSSR count). The fourth-order valence-corrected chi connectivity index (χ4v) is 4.13. The zero-order valence-electron chi connectivity index (χ0n) is 15.4. The van der Waals surface area contributed by atoms with Gasteiger partial charge in [-0.15, -0.1) is 0 Å². The molecule has 0 radical (unpaired) electrons. The first-order chi connectivity index (χ1) is 13.9. The van der Waals surface area contributed by atoms with Crippen LogP contribution in [0, 0.1) is 23.0 Å². The maximum Gasteiger partial charge on any atom is 0.351 e. The van der Waals surface area contributed by atoms with E-state index in [1.165, 1.54) is 41.3 Å². The second kappa shape index (κ2) is 8.88. The van der Waals surface area contributed by atoms with Gasteiger partial charge in [0, 0.05) is 5.69 Å². The van der Waals surface area contributed by atoms with Crippen LogP contribution in [-0.2, 0) is 20.7 Å². The third-order valence-electron chi connectivity index (χ3n) is 4.18. The zero-order valence-corrected chi connectivity index (χ0v) is 16.2. The van der Waals surface area contributed by atoms with Crippen molar-refractivity contribution in [2.75, 3.05) is 11.5 Å². The smallest absolute Gasteiger partial charge is 0.351 e. The van der Waals surface area contributed by atoms with Gasteiger partial charge in [0.05, 0.1) is 11.9 Å². The fourth-order valence-electron chi connectivity index (χ4n) is 2.83. The topological polar surface area (TPSA) is 70.4 Å². The molecular weight excluding hydrogens is 398 g/mol. The number of halogens is 2. The molecule has 8 heteroatoms. The zero-order chi connectivity index (χ0) is 21.0. The van der Waals surface area contributed by atoms with Crippen molar-refractivity contribution >= 4 is 29.3 Å². The lowest BCUT2D eigenvalue weighted by Crippen LogP contribution is -2.30. The Morgan fingerprint density at radius 3 is 2.28 bits per heavy atom. The highest BCUT2D eigenvalue weighted by Gasteiger charge is 2.41. The van der Waals surface area contributed by atoms with Crippen LogP contribution in [0.3, 0.4) is 0 Å². The van der Waals surface area contributed by atoms with Gasteiger partial charge in [0.2, 0.25) is 5.91 Å². The normalized spacial score (nSPS) is 17.8. The Kier molecular flexibility index (Phi) is 6.29. The minimum atomic E-state index is -0.833. The molecule has 2 aromatic carbocycles. The molecule has 29 heavy (non-hydrogen) atoms. The van der Waals surface area contributed by atoms with E-state index in [1.807, 2.05) is 6.07 Å². The Morgan fingerprint density at radius 2 is 1.72 bits per heavy atom. The second-order valence-electron chi connectivity index (χ2n) is 6.10. The minimum Gasteiger partial charge on any atom is -0.462 e. The number of ether oxygens (including phenoxy) is 1. The van der Waals surface area contributed by atoms with E-state index in [9.17, 15) is 23.6 Å². The molecule has 0 aliphatic carbocycles. The fraction of sp³-hybridized carbons (Fsp3) is 0.190. The van der Waals surface area contributed by atoms with Crippen molar-refractivity contribution in [3.05, 3.63) is 76.3 Å². The highest BCUT2D eigenvalue weighted by Crippen LogP contribution is 2.42. The van der Waals surface area contributed by atoms with Crippen molar-refractivity contribution < 1.29 is 23.1 Å². The van der Waals surface area contributed by atoms with Crippen LogP contribution in [0.25, 0.3) is 0 Å². The summed E-state index contributed by atoms with van der Waals surface area (Å²) in [5.41, 5.74) is 0.765. The van der Waals surface area contributed by atoms with Gasteiger partial charge in [0.1, 0.15) is 22.7 Å². The standard InChI is InChI=1S/C21H16F2N2O3S/c1-2-28-21(27)17(12-24)20-25(16-9-7-15(23)8-10-16)19(26)18(29-20)11-13-3-5-14(22)6-4-13/h3-10,18H,2,11H2,1H3. The molecule has 148 valence electrons. The van der Waals surface area contributed by atoms with Crippen LogP contribution in [0.1, 0.15) is 12.5 Å². The van der Waals surface area contributed by atoms with E-state index in [2.05, 4.69) is 0 Å². The van der Waals surface area contributed by atoms with Gasteiger partial charge in [-0.25, -0.2) is 13.6 Å². The number of amides is 1. The van der Waals surface area contributed by atoms with E-state index in [0.717, 1.165) is 17.3 Å². The number of carbonyl (C=O) groups is 2. The Hall–Kier alpha value is -3.18. The molecule has 0 spiro atoms. The number of benzene rings is 2. The van der Waals surface area contributed by atoms with Crippen molar-refractivity contribution in [2.24, 2.45) is 0 Å². The first kappa shape index (κ1) is 20.6. The number of carbonyl (C=O) groups excluding carboxylic acids is 2. The van der Waals surface area contributed by atoms with Crippen LogP contribution in [0.2, 0.25) is 0 Å². The Bertz CT molecular complexity index is 998. The number of thioether (sulfide) groups is 1. The minimum absolute atomic E-state index is 0.0749. The summed E-state index contributed by atoms with van der Waals surface area (Å²) in [6, 6.07) is 12.7. The molecular formula is C21H16F2N2O3S. The SMILES string of the molecule is CCOC(=O)C(C#N)=C1SC(Cc2ccc(F)cc2)C(=O)N1c1ccc(F)cc1. The lowest BCUT2D eigenvalue weighted by atomic mass is 10.1. The van der Waals surface area contributed by atoms with E-state index in [-0.39, 0.29) is 35.4 Å². The van der Waals surface area contributed by atoms with E-state index < -0.39 is 17.0 Å². The molecule has 1 fully saturated rings. The van der Waals surface area contributed by atoms with Crippen LogP contribution >= 0.6 is 11.8 Å². The summed E-state index contributed by atoms with van der Waals surface area (Å²) in [6.07, 6.45) is 0.270. The first-order valence-corrected chi connectivity index (χ1v) is 9.64. The number of nitrogens with zero attached hydrogens (tertiary/aromatic N) is 2. The van der Waals surface area contributed by atoms with E-state index in [0.29, 0.717) is 5.69 Å².